The SMILES string of the molecule is CCN(CC)C(=O)Cn1c(C2CC(=O)N(CCc3ccccc3)C2)nc2ccccc21. The summed E-state index contributed by atoms with van der Waals surface area (Å²) in [5.74, 6) is 1.09. The van der Waals surface area contributed by atoms with Crippen molar-refractivity contribution in [1.82, 2.24) is 19.4 Å². The topological polar surface area (TPSA) is 58.4 Å². The lowest BCUT2D eigenvalue weighted by Gasteiger charge is -2.21. The van der Waals surface area contributed by atoms with Crippen molar-refractivity contribution in [2.24, 2.45) is 0 Å². The van der Waals surface area contributed by atoms with Crippen LogP contribution in [-0.2, 0) is 22.6 Å². The second kappa shape index (κ2) is 9.33. The second-order valence-corrected chi connectivity index (χ2v) is 8.09. The number of aromatic nitrogens is 2. The predicted octanol–water partition coefficient (Wildman–Crippen LogP) is 3.46. The normalized spacial score (nSPS) is 16.3. The number of hydrogen-bond acceptors (Lipinski definition) is 3. The van der Waals surface area contributed by atoms with Crippen LogP contribution in [0.4, 0.5) is 0 Å². The lowest BCUT2D eigenvalue weighted by molar-refractivity contribution is -0.131. The Labute approximate surface area is 183 Å². The van der Waals surface area contributed by atoms with Crippen LogP contribution < -0.4 is 0 Å². The highest BCUT2D eigenvalue weighted by molar-refractivity contribution is 5.83. The second-order valence-electron chi connectivity index (χ2n) is 8.09. The minimum atomic E-state index is 0.000163. The molecule has 2 amide bonds. The maximum absolute atomic E-state index is 12.9. The molecule has 4 rings (SSSR count). The number of likely N-dealkylation sites (tertiary alicyclic amines) is 1. The van der Waals surface area contributed by atoms with Gasteiger partial charge >= 0.3 is 0 Å². The fourth-order valence-corrected chi connectivity index (χ4v) is 4.45. The Kier molecular flexibility index (Phi) is 6.35. The number of carbonyl (C=O) groups excluding carboxylic acids is 2. The third-order valence-corrected chi connectivity index (χ3v) is 6.19. The van der Waals surface area contributed by atoms with E-state index >= 15 is 0 Å². The molecule has 1 fully saturated rings. The zero-order valence-corrected chi connectivity index (χ0v) is 18.3. The van der Waals surface area contributed by atoms with Gasteiger partial charge < -0.3 is 14.4 Å². The summed E-state index contributed by atoms with van der Waals surface area (Å²) in [6.45, 7) is 6.97. The van der Waals surface area contributed by atoms with Gasteiger partial charge in [0.05, 0.1) is 11.0 Å². The van der Waals surface area contributed by atoms with Gasteiger partial charge in [-0.05, 0) is 38.0 Å². The molecule has 0 bridgehead atoms. The van der Waals surface area contributed by atoms with Crippen LogP contribution in [0, 0.1) is 0 Å². The molecular formula is C25H30N4O2. The molecule has 0 spiro atoms. The largest absolute Gasteiger partial charge is 0.342 e. The Morgan fingerprint density at radius 1 is 1.06 bits per heavy atom. The minimum absolute atomic E-state index is 0.000163. The van der Waals surface area contributed by atoms with Crippen molar-refractivity contribution >= 4 is 22.8 Å². The van der Waals surface area contributed by atoms with Crippen molar-refractivity contribution < 1.29 is 9.59 Å². The molecule has 2 aromatic carbocycles. The lowest BCUT2D eigenvalue weighted by Crippen LogP contribution is -2.34. The number of fused-ring (bicyclic) bond motifs is 1. The Morgan fingerprint density at radius 2 is 1.77 bits per heavy atom. The number of nitrogens with zero attached hydrogens (tertiary/aromatic N) is 4. The number of hydrogen-bond donors (Lipinski definition) is 0. The number of likely N-dealkylation sites (N-methyl/N-ethyl adjacent to an activating group) is 1. The van der Waals surface area contributed by atoms with E-state index in [0.717, 1.165) is 23.3 Å². The number of para-hydroxylation sites is 2. The molecule has 3 aromatic rings. The summed E-state index contributed by atoms with van der Waals surface area (Å²) in [5.41, 5.74) is 3.06. The quantitative estimate of drug-likeness (QED) is 0.563. The first-order chi connectivity index (χ1) is 15.1. The number of rotatable bonds is 8. The summed E-state index contributed by atoms with van der Waals surface area (Å²) >= 11 is 0. The van der Waals surface area contributed by atoms with Gasteiger partial charge in [-0.15, -0.1) is 0 Å². The van der Waals surface area contributed by atoms with Crippen molar-refractivity contribution in [2.75, 3.05) is 26.2 Å². The van der Waals surface area contributed by atoms with Crippen LogP contribution in [0.1, 0.15) is 37.6 Å². The van der Waals surface area contributed by atoms with Crippen molar-refractivity contribution in [3.8, 4) is 0 Å². The maximum atomic E-state index is 12.9. The van der Waals surface area contributed by atoms with E-state index in [1.807, 2.05) is 70.7 Å². The van der Waals surface area contributed by atoms with Crippen LogP contribution in [0.25, 0.3) is 11.0 Å². The molecule has 6 nitrogen and oxygen atoms in total. The third-order valence-electron chi connectivity index (χ3n) is 6.19. The Balaban J connectivity index is 1.56. The van der Waals surface area contributed by atoms with Crippen molar-refractivity contribution in [1.29, 1.82) is 0 Å². The summed E-state index contributed by atoms with van der Waals surface area (Å²) in [7, 11) is 0. The average molecular weight is 419 g/mol. The third kappa shape index (κ3) is 4.48. The van der Waals surface area contributed by atoms with E-state index in [-0.39, 0.29) is 24.3 Å². The fourth-order valence-electron chi connectivity index (χ4n) is 4.45. The highest BCUT2D eigenvalue weighted by atomic mass is 16.2. The number of imidazole rings is 1. The van der Waals surface area contributed by atoms with Gasteiger partial charge in [0.1, 0.15) is 12.4 Å². The number of carbonyl (C=O) groups is 2. The Bertz CT molecular complexity index is 1060. The zero-order chi connectivity index (χ0) is 21.8. The molecule has 162 valence electrons. The summed E-state index contributed by atoms with van der Waals surface area (Å²) in [5, 5.41) is 0. The predicted molar refractivity (Wildman–Crippen MR) is 122 cm³/mol. The van der Waals surface area contributed by atoms with Gasteiger partial charge in [-0.3, -0.25) is 9.59 Å². The molecule has 0 saturated carbocycles. The molecule has 1 aromatic heterocycles. The summed E-state index contributed by atoms with van der Waals surface area (Å²) in [4.78, 5) is 34.2. The summed E-state index contributed by atoms with van der Waals surface area (Å²) in [6, 6.07) is 18.2. The van der Waals surface area contributed by atoms with Gasteiger partial charge in [-0.1, -0.05) is 42.5 Å². The van der Waals surface area contributed by atoms with E-state index in [1.165, 1.54) is 5.56 Å². The smallest absolute Gasteiger partial charge is 0.242 e. The zero-order valence-electron chi connectivity index (χ0n) is 18.3. The van der Waals surface area contributed by atoms with Crippen LogP contribution in [0.5, 0.6) is 0 Å². The molecule has 6 heteroatoms. The molecule has 1 aliphatic rings. The van der Waals surface area contributed by atoms with E-state index in [1.54, 1.807) is 0 Å². The van der Waals surface area contributed by atoms with Gasteiger partial charge in [0, 0.05) is 38.5 Å². The molecule has 0 radical (unpaired) electrons. The summed E-state index contributed by atoms with van der Waals surface area (Å²) in [6.07, 6.45) is 1.29. The van der Waals surface area contributed by atoms with Gasteiger partial charge in [0.15, 0.2) is 0 Å². The fraction of sp³-hybridized carbons (Fsp3) is 0.400. The molecule has 2 heterocycles. The molecule has 1 aliphatic heterocycles. The molecule has 0 aliphatic carbocycles. The first-order valence-corrected chi connectivity index (χ1v) is 11.1. The highest BCUT2D eigenvalue weighted by Gasteiger charge is 2.34. The van der Waals surface area contributed by atoms with Gasteiger partial charge in [0.2, 0.25) is 11.8 Å². The van der Waals surface area contributed by atoms with Gasteiger partial charge in [-0.25, -0.2) is 4.98 Å². The minimum Gasteiger partial charge on any atom is -0.342 e. The molecule has 1 atom stereocenters. The van der Waals surface area contributed by atoms with Crippen LogP contribution in [-0.4, -0.2) is 57.3 Å². The van der Waals surface area contributed by atoms with Crippen LogP contribution in [0.15, 0.2) is 54.6 Å². The van der Waals surface area contributed by atoms with Gasteiger partial charge in [0.25, 0.3) is 0 Å². The van der Waals surface area contributed by atoms with Crippen LogP contribution in [0.2, 0.25) is 0 Å². The average Bonchev–Trinajstić information content (AvgIpc) is 3.34. The van der Waals surface area contributed by atoms with E-state index in [0.29, 0.717) is 32.6 Å². The van der Waals surface area contributed by atoms with Crippen LogP contribution in [0.3, 0.4) is 0 Å². The molecule has 31 heavy (non-hydrogen) atoms. The van der Waals surface area contributed by atoms with E-state index < -0.39 is 0 Å². The molecule has 1 saturated heterocycles. The van der Waals surface area contributed by atoms with Crippen molar-refractivity contribution in [3.63, 3.8) is 0 Å². The number of benzene rings is 2. The van der Waals surface area contributed by atoms with Crippen LogP contribution >= 0.6 is 0 Å². The van der Waals surface area contributed by atoms with E-state index in [4.69, 9.17) is 4.98 Å². The van der Waals surface area contributed by atoms with Crippen molar-refractivity contribution in [3.05, 3.63) is 66.0 Å². The number of amides is 2. The van der Waals surface area contributed by atoms with Crippen molar-refractivity contribution in [2.45, 2.75) is 39.2 Å². The molecule has 0 N–H and O–H groups in total. The van der Waals surface area contributed by atoms with Gasteiger partial charge in [-0.2, -0.15) is 0 Å². The molecule has 1 unspecified atom stereocenters. The highest BCUT2D eigenvalue weighted by Crippen LogP contribution is 2.30. The molecular weight excluding hydrogens is 388 g/mol. The standard InChI is InChI=1S/C25H30N4O2/c1-3-27(4-2)24(31)18-29-22-13-9-8-12-21(22)26-25(29)20-16-23(30)28(17-20)15-14-19-10-6-5-7-11-19/h5-13,20H,3-4,14-18H2,1-2H3. The van der Waals surface area contributed by atoms with E-state index in [9.17, 15) is 9.59 Å². The summed E-state index contributed by atoms with van der Waals surface area (Å²) < 4.78 is 2.02. The first-order valence-electron chi connectivity index (χ1n) is 11.1. The van der Waals surface area contributed by atoms with E-state index in [2.05, 4.69) is 12.1 Å². The Hall–Kier alpha value is -3.15. The maximum Gasteiger partial charge on any atom is 0.242 e. The monoisotopic (exact) mass is 418 g/mol. The lowest BCUT2D eigenvalue weighted by atomic mass is 10.1. The Morgan fingerprint density at radius 3 is 2.52 bits per heavy atom. The first kappa shape index (κ1) is 21.1.